The molecule has 0 bridgehead atoms. The molecule has 0 spiro atoms. The molecular weight excluding hydrogens is 448 g/mol. The Labute approximate surface area is 194 Å². The average molecular weight is 479 g/mol. The molecule has 2 aromatic carbocycles. The lowest BCUT2D eigenvalue weighted by Crippen LogP contribution is -2.36. The van der Waals surface area contributed by atoms with E-state index in [1.165, 1.54) is 54.8 Å². The van der Waals surface area contributed by atoms with Crippen molar-refractivity contribution in [2.24, 2.45) is 0 Å². The summed E-state index contributed by atoms with van der Waals surface area (Å²) in [7, 11) is 0.633. The van der Waals surface area contributed by atoms with Crippen LogP contribution in [0.15, 0.2) is 47.4 Å². The number of carbonyl (C=O) groups is 2. The molecule has 0 radical (unpaired) electrons. The van der Waals surface area contributed by atoms with Crippen molar-refractivity contribution in [1.82, 2.24) is 9.21 Å². The highest BCUT2D eigenvalue weighted by Crippen LogP contribution is 2.24. The minimum absolute atomic E-state index is 0.0843. The summed E-state index contributed by atoms with van der Waals surface area (Å²) in [5.74, 6) is 0.0504. The summed E-state index contributed by atoms with van der Waals surface area (Å²) in [6.45, 7) is 4.01. The standard InChI is InChI=1S/C23H30N2O7S/c1-6-25(7-2)33(28,29)21-10-8-18(9-11-21)23(27)24(16-22(26)32-5)15-17-12-19(30-3)14-20(13-17)31-4/h8-14H,6-7,15-16H2,1-5H3. The van der Waals surface area contributed by atoms with Crippen LogP contribution in [0, 0.1) is 0 Å². The summed E-state index contributed by atoms with van der Waals surface area (Å²) in [6, 6.07) is 10.8. The predicted molar refractivity (Wildman–Crippen MR) is 123 cm³/mol. The first kappa shape index (κ1) is 26.1. The molecule has 9 nitrogen and oxygen atoms in total. The Bertz CT molecular complexity index is 1040. The number of carbonyl (C=O) groups excluding carboxylic acids is 2. The van der Waals surface area contributed by atoms with Gasteiger partial charge in [0.15, 0.2) is 0 Å². The first-order chi connectivity index (χ1) is 15.7. The molecule has 0 heterocycles. The summed E-state index contributed by atoms with van der Waals surface area (Å²) in [6.07, 6.45) is 0. The maximum atomic E-state index is 13.2. The van der Waals surface area contributed by atoms with Gasteiger partial charge in [0.05, 0.1) is 26.2 Å². The molecule has 0 atom stereocenters. The van der Waals surface area contributed by atoms with E-state index in [4.69, 9.17) is 14.2 Å². The van der Waals surface area contributed by atoms with Crippen LogP contribution in [-0.2, 0) is 26.1 Å². The monoisotopic (exact) mass is 478 g/mol. The first-order valence-corrected chi connectivity index (χ1v) is 11.8. The average Bonchev–Trinajstić information content (AvgIpc) is 2.83. The minimum atomic E-state index is -3.64. The highest BCUT2D eigenvalue weighted by molar-refractivity contribution is 7.89. The van der Waals surface area contributed by atoms with Crippen LogP contribution in [0.4, 0.5) is 0 Å². The largest absolute Gasteiger partial charge is 0.497 e. The van der Waals surface area contributed by atoms with Gasteiger partial charge >= 0.3 is 5.97 Å². The molecule has 180 valence electrons. The molecule has 10 heteroatoms. The van der Waals surface area contributed by atoms with Crippen molar-refractivity contribution in [3.63, 3.8) is 0 Å². The zero-order chi connectivity index (χ0) is 24.6. The Kier molecular flexibility index (Phi) is 9.24. The molecular formula is C23H30N2O7S. The zero-order valence-electron chi connectivity index (χ0n) is 19.5. The molecule has 0 aliphatic heterocycles. The Hall–Kier alpha value is -3.11. The van der Waals surface area contributed by atoms with E-state index < -0.39 is 21.9 Å². The van der Waals surface area contributed by atoms with Crippen LogP contribution in [0.3, 0.4) is 0 Å². The number of ether oxygens (including phenoxy) is 3. The first-order valence-electron chi connectivity index (χ1n) is 10.4. The number of esters is 1. The maximum absolute atomic E-state index is 13.2. The normalized spacial score (nSPS) is 11.2. The van der Waals surface area contributed by atoms with Gasteiger partial charge in [0.2, 0.25) is 10.0 Å². The van der Waals surface area contributed by atoms with E-state index in [9.17, 15) is 18.0 Å². The lowest BCUT2D eigenvalue weighted by Gasteiger charge is -2.23. The SMILES string of the molecule is CCN(CC)S(=O)(=O)c1ccc(C(=O)N(CC(=O)OC)Cc2cc(OC)cc(OC)c2)cc1. The van der Waals surface area contributed by atoms with E-state index in [-0.39, 0.29) is 23.5 Å². The Morgan fingerprint density at radius 1 is 0.879 bits per heavy atom. The molecule has 0 saturated heterocycles. The quantitative estimate of drug-likeness (QED) is 0.457. The highest BCUT2D eigenvalue weighted by Gasteiger charge is 2.24. The van der Waals surface area contributed by atoms with Gasteiger partial charge in [-0.1, -0.05) is 13.8 Å². The second-order valence-electron chi connectivity index (χ2n) is 7.07. The number of nitrogens with zero attached hydrogens (tertiary/aromatic N) is 2. The fraction of sp³-hybridized carbons (Fsp3) is 0.391. The second-order valence-corrected chi connectivity index (χ2v) is 9.01. The molecule has 0 aromatic heterocycles. The molecule has 0 aliphatic rings. The molecule has 2 aromatic rings. The number of rotatable bonds is 11. The summed E-state index contributed by atoms with van der Waals surface area (Å²) in [4.78, 5) is 26.6. The summed E-state index contributed by atoms with van der Waals surface area (Å²) < 4.78 is 42.0. The van der Waals surface area contributed by atoms with Crippen molar-refractivity contribution in [2.75, 3.05) is 41.0 Å². The minimum Gasteiger partial charge on any atom is -0.497 e. The number of benzene rings is 2. The van der Waals surface area contributed by atoms with Gasteiger partial charge < -0.3 is 19.1 Å². The second kappa shape index (κ2) is 11.7. The van der Waals surface area contributed by atoms with E-state index in [0.29, 0.717) is 30.2 Å². The molecule has 0 N–H and O–H groups in total. The Balaban J connectivity index is 2.35. The zero-order valence-corrected chi connectivity index (χ0v) is 20.3. The van der Waals surface area contributed by atoms with Crippen LogP contribution in [-0.4, -0.2) is 70.5 Å². The Morgan fingerprint density at radius 3 is 1.88 bits per heavy atom. The number of amides is 1. The van der Waals surface area contributed by atoms with Crippen molar-refractivity contribution >= 4 is 21.9 Å². The fourth-order valence-electron chi connectivity index (χ4n) is 3.26. The van der Waals surface area contributed by atoms with E-state index >= 15 is 0 Å². The molecule has 1 amide bonds. The highest BCUT2D eigenvalue weighted by atomic mass is 32.2. The summed E-state index contributed by atoms with van der Waals surface area (Å²) in [5, 5.41) is 0. The van der Waals surface area contributed by atoms with Crippen LogP contribution in [0.2, 0.25) is 0 Å². The molecule has 2 rings (SSSR count). The predicted octanol–water partition coefficient (Wildman–Crippen LogP) is 2.55. The van der Waals surface area contributed by atoms with Crippen molar-refractivity contribution in [3.8, 4) is 11.5 Å². The summed E-state index contributed by atoms with van der Waals surface area (Å²) in [5.41, 5.74) is 0.927. The third kappa shape index (κ3) is 6.45. The van der Waals surface area contributed by atoms with Crippen molar-refractivity contribution in [1.29, 1.82) is 0 Å². The number of methoxy groups -OCH3 is 3. The molecule has 0 aliphatic carbocycles. The van der Waals surface area contributed by atoms with Crippen molar-refractivity contribution < 1.29 is 32.2 Å². The van der Waals surface area contributed by atoms with Crippen LogP contribution in [0.25, 0.3) is 0 Å². The van der Waals surface area contributed by atoms with Crippen LogP contribution in [0.5, 0.6) is 11.5 Å². The van der Waals surface area contributed by atoms with E-state index in [1.54, 1.807) is 32.0 Å². The molecule has 0 fully saturated rings. The molecule has 0 saturated carbocycles. The molecule has 0 unspecified atom stereocenters. The van der Waals surface area contributed by atoms with E-state index in [2.05, 4.69) is 0 Å². The van der Waals surface area contributed by atoms with Crippen molar-refractivity contribution in [3.05, 3.63) is 53.6 Å². The van der Waals surface area contributed by atoms with Crippen LogP contribution < -0.4 is 9.47 Å². The van der Waals surface area contributed by atoms with Crippen molar-refractivity contribution in [2.45, 2.75) is 25.3 Å². The van der Waals surface area contributed by atoms with Gasteiger partial charge in [-0.3, -0.25) is 9.59 Å². The van der Waals surface area contributed by atoms with Gasteiger partial charge in [-0.05, 0) is 42.0 Å². The van der Waals surface area contributed by atoms with Gasteiger partial charge in [-0.25, -0.2) is 8.42 Å². The number of hydrogen-bond acceptors (Lipinski definition) is 7. The van der Waals surface area contributed by atoms with E-state index in [1.807, 2.05) is 0 Å². The van der Waals surface area contributed by atoms with Gasteiger partial charge in [0.25, 0.3) is 5.91 Å². The van der Waals surface area contributed by atoms with Crippen LogP contribution >= 0.6 is 0 Å². The number of sulfonamides is 1. The van der Waals surface area contributed by atoms with E-state index in [0.717, 1.165) is 0 Å². The molecule has 33 heavy (non-hydrogen) atoms. The topological polar surface area (TPSA) is 102 Å². The van der Waals surface area contributed by atoms with Gasteiger partial charge in [-0.15, -0.1) is 0 Å². The van der Waals surface area contributed by atoms with Gasteiger partial charge in [0.1, 0.15) is 18.0 Å². The maximum Gasteiger partial charge on any atom is 0.325 e. The Morgan fingerprint density at radius 2 is 1.42 bits per heavy atom. The third-order valence-electron chi connectivity index (χ3n) is 5.06. The van der Waals surface area contributed by atoms with Gasteiger partial charge in [-0.2, -0.15) is 4.31 Å². The van der Waals surface area contributed by atoms with Gasteiger partial charge in [0, 0.05) is 31.3 Å². The third-order valence-corrected chi connectivity index (χ3v) is 7.13. The fourth-order valence-corrected chi connectivity index (χ4v) is 4.72. The summed E-state index contributed by atoms with van der Waals surface area (Å²) >= 11 is 0. The van der Waals surface area contributed by atoms with Crippen LogP contribution in [0.1, 0.15) is 29.8 Å². The lowest BCUT2D eigenvalue weighted by molar-refractivity contribution is -0.141. The lowest BCUT2D eigenvalue weighted by atomic mass is 10.1. The smallest absolute Gasteiger partial charge is 0.325 e. The number of hydrogen-bond donors (Lipinski definition) is 0.